The zero-order chi connectivity index (χ0) is 34.4. The Morgan fingerprint density at radius 1 is 0.385 bits per heavy atom. The van der Waals surface area contributed by atoms with Crippen LogP contribution < -0.4 is 4.90 Å². The predicted octanol–water partition coefficient (Wildman–Crippen LogP) is 12.5. The molecule has 0 saturated carbocycles. The lowest BCUT2D eigenvalue weighted by molar-refractivity contribution is 0.623. The number of para-hydroxylation sites is 4. The standard InChI is InChI=1S/C47H30N4O/c1-4-13-33(14-5-1)47-50-42-28-27-32-25-23-31-24-26-35(30-39(31)43(32)46(42)52-47)45-44(48-40-21-10-11-22-41(40)49-45)34-15-12-20-38(29-34)51(36-16-6-2-7-17-36)37-18-8-3-9-19-37/h1-30H. The van der Waals surface area contributed by atoms with Crippen molar-refractivity contribution >= 4 is 60.7 Å². The Labute approximate surface area is 300 Å². The van der Waals surface area contributed by atoms with E-state index in [1.807, 2.05) is 72.8 Å². The number of rotatable bonds is 6. The number of fused-ring (bicyclic) bond motifs is 6. The second-order valence-electron chi connectivity index (χ2n) is 12.9. The molecule has 0 aliphatic rings. The van der Waals surface area contributed by atoms with Crippen molar-refractivity contribution in [2.45, 2.75) is 0 Å². The zero-order valence-corrected chi connectivity index (χ0v) is 28.0. The van der Waals surface area contributed by atoms with Gasteiger partial charge in [-0.15, -0.1) is 0 Å². The minimum Gasteiger partial charge on any atom is -0.435 e. The predicted molar refractivity (Wildman–Crippen MR) is 213 cm³/mol. The molecule has 8 aromatic carbocycles. The molecule has 0 bridgehead atoms. The van der Waals surface area contributed by atoms with Gasteiger partial charge in [-0.2, -0.15) is 0 Å². The number of hydrogen-bond acceptors (Lipinski definition) is 5. The summed E-state index contributed by atoms with van der Waals surface area (Å²) in [5, 5.41) is 4.31. The molecule has 10 rings (SSSR count). The average molecular weight is 667 g/mol. The Balaban J connectivity index is 1.18. The van der Waals surface area contributed by atoms with Crippen LogP contribution in [0, 0.1) is 0 Å². The van der Waals surface area contributed by atoms with E-state index >= 15 is 0 Å². The molecular formula is C47H30N4O. The molecule has 0 aliphatic heterocycles. The van der Waals surface area contributed by atoms with Gasteiger partial charge in [0.1, 0.15) is 5.52 Å². The van der Waals surface area contributed by atoms with E-state index in [1.165, 1.54) is 0 Å². The fraction of sp³-hybridized carbons (Fsp3) is 0. The third-order valence-corrected chi connectivity index (χ3v) is 9.63. The first-order chi connectivity index (χ1) is 25.8. The van der Waals surface area contributed by atoms with E-state index in [1.54, 1.807) is 0 Å². The van der Waals surface area contributed by atoms with Crippen LogP contribution >= 0.6 is 0 Å². The smallest absolute Gasteiger partial charge is 0.227 e. The summed E-state index contributed by atoms with van der Waals surface area (Å²) in [7, 11) is 0. The molecule has 2 aromatic heterocycles. The second kappa shape index (κ2) is 12.3. The van der Waals surface area contributed by atoms with Gasteiger partial charge in [0.25, 0.3) is 0 Å². The highest BCUT2D eigenvalue weighted by Crippen LogP contribution is 2.40. The molecular weight excluding hydrogens is 637 g/mol. The number of aromatic nitrogens is 3. The van der Waals surface area contributed by atoms with Gasteiger partial charge in [-0.25, -0.2) is 15.0 Å². The van der Waals surface area contributed by atoms with Crippen molar-refractivity contribution in [2.24, 2.45) is 0 Å². The highest BCUT2D eigenvalue weighted by atomic mass is 16.3. The third-order valence-electron chi connectivity index (χ3n) is 9.63. The summed E-state index contributed by atoms with van der Waals surface area (Å²) in [5.74, 6) is 0.610. The highest BCUT2D eigenvalue weighted by Gasteiger charge is 2.19. The molecule has 5 heteroatoms. The normalized spacial score (nSPS) is 11.5. The summed E-state index contributed by atoms with van der Waals surface area (Å²) >= 11 is 0. The van der Waals surface area contributed by atoms with Gasteiger partial charge in [-0.3, -0.25) is 0 Å². The zero-order valence-electron chi connectivity index (χ0n) is 28.0. The van der Waals surface area contributed by atoms with E-state index in [-0.39, 0.29) is 0 Å². The van der Waals surface area contributed by atoms with E-state index in [4.69, 9.17) is 19.4 Å². The number of nitrogens with zero attached hydrogens (tertiary/aromatic N) is 4. The van der Waals surface area contributed by atoms with Crippen LogP contribution in [-0.2, 0) is 0 Å². The second-order valence-corrected chi connectivity index (χ2v) is 12.9. The van der Waals surface area contributed by atoms with Crippen molar-refractivity contribution in [3.05, 3.63) is 182 Å². The lowest BCUT2D eigenvalue weighted by Crippen LogP contribution is -2.09. The van der Waals surface area contributed by atoms with Crippen LogP contribution in [-0.4, -0.2) is 15.0 Å². The van der Waals surface area contributed by atoms with Gasteiger partial charge in [0.05, 0.1) is 22.4 Å². The van der Waals surface area contributed by atoms with Crippen LogP contribution in [0.25, 0.3) is 77.6 Å². The summed E-state index contributed by atoms with van der Waals surface area (Å²) in [5.41, 5.74) is 11.0. The van der Waals surface area contributed by atoms with Gasteiger partial charge in [-0.1, -0.05) is 109 Å². The number of hydrogen-bond donors (Lipinski definition) is 0. The highest BCUT2D eigenvalue weighted by molar-refractivity contribution is 6.18. The Kier molecular flexibility index (Phi) is 7.07. The Hall–Kier alpha value is -7.11. The van der Waals surface area contributed by atoms with Gasteiger partial charge in [0.2, 0.25) is 5.89 Å². The molecule has 0 N–H and O–H groups in total. The van der Waals surface area contributed by atoms with Crippen LogP contribution in [0.3, 0.4) is 0 Å². The molecule has 0 amide bonds. The van der Waals surface area contributed by atoms with Crippen molar-refractivity contribution in [3.63, 3.8) is 0 Å². The maximum atomic E-state index is 6.54. The molecule has 0 unspecified atom stereocenters. The Morgan fingerprint density at radius 2 is 0.923 bits per heavy atom. The van der Waals surface area contributed by atoms with Crippen molar-refractivity contribution in [1.29, 1.82) is 0 Å². The van der Waals surface area contributed by atoms with E-state index in [0.717, 1.165) is 88.8 Å². The van der Waals surface area contributed by atoms with Crippen LogP contribution in [0.1, 0.15) is 0 Å². The SMILES string of the molecule is c1ccc(-c2nc3ccc4ccc5ccc(-c6nc7ccccc7nc6-c6cccc(N(c7ccccc7)c7ccccc7)c6)cc5c4c3o2)cc1. The van der Waals surface area contributed by atoms with Gasteiger partial charge < -0.3 is 9.32 Å². The molecule has 0 aliphatic carbocycles. The molecule has 0 radical (unpaired) electrons. The molecule has 5 nitrogen and oxygen atoms in total. The van der Waals surface area contributed by atoms with E-state index in [9.17, 15) is 0 Å². The number of benzene rings is 8. The number of anilines is 3. The summed E-state index contributed by atoms with van der Waals surface area (Å²) in [6.45, 7) is 0. The minimum absolute atomic E-state index is 0.610. The Morgan fingerprint density at radius 3 is 1.62 bits per heavy atom. The monoisotopic (exact) mass is 666 g/mol. The summed E-state index contributed by atoms with van der Waals surface area (Å²) in [6, 6.07) is 62.6. The molecule has 2 heterocycles. The van der Waals surface area contributed by atoms with Crippen LogP contribution in [0.4, 0.5) is 17.1 Å². The Bertz CT molecular complexity index is 2860. The van der Waals surface area contributed by atoms with Crippen molar-refractivity contribution in [3.8, 4) is 34.0 Å². The maximum Gasteiger partial charge on any atom is 0.227 e. The first-order valence-electron chi connectivity index (χ1n) is 17.4. The van der Waals surface area contributed by atoms with Gasteiger partial charge in [0, 0.05) is 39.1 Å². The summed E-state index contributed by atoms with van der Waals surface area (Å²) in [4.78, 5) is 17.7. The first kappa shape index (κ1) is 29.8. The summed E-state index contributed by atoms with van der Waals surface area (Å²) < 4.78 is 6.54. The van der Waals surface area contributed by atoms with E-state index in [2.05, 4.69) is 114 Å². The molecule has 0 fully saturated rings. The molecule has 52 heavy (non-hydrogen) atoms. The van der Waals surface area contributed by atoms with Crippen LogP contribution in [0.2, 0.25) is 0 Å². The van der Waals surface area contributed by atoms with Crippen LogP contribution in [0.15, 0.2) is 186 Å². The topological polar surface area (TPSA) is 55.1 Å². The average Bonchev–Trinajstić information content (AvgIpc) is 3.66. The largest absolute Gasteiger partial charge is 0.435 e. The lowest BCUT2D eigenvalue weighted by Gasteiger charge is -2.26. The van der Waals surface area contributed by atoms with Crippen molar-refractivity contribution in [1.82, 2.24) is 15.0 Å². The van der Waals surface area contributed by atoms with Crippen LogP contribution in [0.5, 0.6) is 0 Å². The molecule has 0 saturated heterocycles. The fourth-order valence-corrected chi connectivity index (χ4v) is 7.17. The molecule has 0 spiro atoms. The van der Waals surface area contributed by atoms with E-state index < -0.39 is 0 Å². The van der Waals surface area contributed by atoms with E-state index in [0.29, 0.717) is 5.89 Å². The molecule has 10 aromatic rings. The number of oxazole rings is 1. The fourth-order valence-electron chi connectivity index (χ4n) is 7.17. The summed E-state index contributed by atoms with van der Waals surface area (Å²) in [6.07, 6.45) is 0. The minimum atomic E-state index is 0.610. The molecule has 0 atom stereocenters. The van der Waals surface area contributed by atoms with Gasteiger partial charge in [0.15, 0.2) is 5.58 Å². The quantitative estimate of drug-likeness (QED) is 0.165. The van der Waals surface area contributed by atoms with Crippen molar-refractivity contribution < 1.29 is 4.42 Å². The molecule has 244 valence electrons. The van der Waals surface area contributed by atoms with Gasteiger partial charge >= 0.3 is 0 Å². The maximum absolute atomic E-state index is 6.54. The lowest BCUT2D eigenvalue weighted by atomic mass is 9.96. The third kappa shape index (κ3) is 5.15. The van der Waals surface area contributed by atoms with Gasteiger partial charge in [-0.05, 0) is 89.0 Å². The van der Waals surface area contributed by atoms with Crippen molar-refractivity contribution in [2.75, 3.05) is 4.90 Å². The first-order valence-corrected chi connectivity index (χ1v) is 17.4.